The van der Waals surface area contributed by atoms with Crippen LogP contribution in [0.1, 0.15) is 48.8 Å². The zero-order chi connectivity index (χ0) is 17.8. The van der Waals surface area contributed by atoms with Crippen molar-refractivity contribution in [3.8, 4) is 0 Å². The minimum Gasteiger partial charge on any atom is -0.332 e. The van der Waals surface area contributed by atoms with Crippen molar-refractivity contribution >= 4 is 16.6 Å². The van der Waals surface area contributed by atoms with Crippen molar-refractivity contribution in [2.24, 2.45) is 5.92 Å². The van der Waals surface area contributed by atoms with Crippen LogP contribution >= 0.6 is 0 Å². The lowest BCUT2D eigenvalue weighted by atomic mass is 9.83. The lowest BCUT2D eigenvalue weighted by Gasteiger charge is -2.41. The number of rotatable bonds is 3. The quantitative estimate of drug-likeness (QED) is 0.712. The molecular weight excluding hydrogens is 324 g/mol. The van der Waals surface area contributed by atoms with E-state index in [1.807, 2.05) is 6.92 Å². The SMILES string of the molecule is CCCC1C=C(c2nc(C)no2)n2c3c(c4ccccc42)CCN(C)C31. The summed E-state index contributed by atoms with van der Waals surface area (Å²) < 4.78 is 7.97. The van der Waals surface area contributed by atoms with Gasteiger partial charge in [-0.3, -0.25) is 4.90 Å². The van der Waals surface area contributed by atoms with Gasteiger partial charge in [-0.2, -0.15) is 4.98 Å². The van der Waals surface area contributed by atoms with Gasteiger partial charge in [0.15, 0.2) is 5.82 Å². The Morgan fingerprint density at radius 3 is 2.88 bits per heavy atom. The van der Waals surface area contributed by atoms with E-state index < -0.39 is 0 Å². The smallest absolute Gasteiger partial charge is 0.274 e. The highest BCUT2D eigenvalue weighted by Gasteiger charge is 2.40. The van der Waals surface area contributed by atoms with E-state index in [9.17, 15) is 0 Å². The summed E-state index contributed by atoms with van der Waals surface area (Å²) in [5.41, 5.74) is 5.21. The third-order valence-electron chi connectivity index (χ3n) is 5.88. The van der Waals surface area contributed by atoms with Gasteiger partial charge in [0.1, 0.15) is 5.70 Å². The second-order valence-electron chi connectivity index (χ2n) is 7.54. The van der Waals surface area contributed by atoms with Crippen molar-refractivity contribution in [3.63, 3.8) is 0 Å². The molecule has 4 heterocycles. The van der Waals surface area contributed by atoms with Gasteiger partial charge < -0.3 is 9.09 Å². The number of para-hydroxylation sites is 1. The monoisotopic (exact) mass is 348 g/mol. The van der Waals surface area contributed by atoms with Crippen LogP contribution in [-0.4, -0.2) is 33.2 Å². The third-order valence-corrected chi connectivity index (χ3v) is 5.88. The minimum atomic E-state index is 0.416. The molecule has 1 aromatic carbocycles. The molecule has 5 heteroatoms. The molecule has 0 amide bonds. The van der Waals surface area contributed by atoms with E-state index in [0.717, 1.165) is 31.5 Å². The molecule has 0 saturated carbocycles. The summed E-state index contributed by atoms with van der Waals surface area (Å²) in [4.78, 5) is 7.07. The van der Waals surface area contributed by atoms with Gasteiger partial charge in [-0.1, -0.05) is 36.7 Å². The Bertz CT molecular complexity index is 1010. The molecule has 2 unspecified atom stereocenters. The Morgan fingerprint density at radius 1 is 1.27 bits per heavy atom. The van der Waals surface area contributed by atoms with Crippen LogP contribution in [0.25, 0.3) is 16.6 Å². The van der Waals surface area contributed by atoms with E-state index in [1.54, 1.807) is 0 Å². The van der Waals surface area contributed by atoms with E-state index in [1.165, 1.54) is 22.2 Å². The molecule has 0 aliphatic carbocycles. The summed E-state index contributed by atoms with van der Waals surface area (Å²) >= 11 is 0. The highest BCUT2D eigenvalue weighted by Crippen LogP contribution is 2.47. The molecule has 0 spiro atoms. The Morgan fingerprint density at radius 2 is 2.12 bits per heavy atom. The third kappa shape index (κ3) is 2.13. The van der Waals surface area contributed by atoms with Gasteiger partial charge in [0.05, 0.1) is 11.6 Å². The molecule has 134 valence electrons. The number of aryl methyl sites for hydroxylation is 1. The molecule has 0 saturated heterocycles. The van der Waals surface area contributed by atoms with Crippen LogP contribution in [0, 0.1) is 12.8 Å². The molecule has 0 radical (unpaired) electrons. The number of benzene rings is 1. The first-order valence-electron chi connectivity index (χ1n) is 9.54. The fourth-order valence-electron chi connectivity index (χ4n) is 4.84. The van der Waals surface area contributed by atoms with Crippen molar-refractivity contribution in [1.29, 1.82) is 0 Å². The largest absolute Gasteiger partial charge is 0.332 e. The molecule has 2 aromatic heterocycles. The van der Waals surface area contributed by atoms with Gasteiger partial charge in [-0.15, -0.1) is 0 Å². The number of aromatic nitrogens is 3. The maximum atomic E-state index is 5.60. The van der Waals surface area contributed by atoms with Crippen LogP contribution in [0.15, 0.2) is 34.9 Å². The average Bonchev–Trinajstić information content (AvgIpc) is 3.21. The van der Waals surface area contributed by atoms with Crippen LogP contribution in [0.3, 0.4) is 0 Å². The highest BCUT2D eigenvalue weighted by molar-refractivity contribution is 5.91. The normalized spacial score (nSPS) is 22.5. The first kappa shape index (κ1) is 15.8. The van der Waals surface area contributed by atoms with Crippen LogP contribution in [-0.2, 0) is 6.42 Å². The molecule has 5 rings (SSSR count). The van der Waals surface area contributed by atoms with Crippen molar-refractivity contribution in [2.45, 2.75) is 39.2 Å². The molecule has 0 fully saturated rings. The number of likely N-dealkylation sites (N-methyl/N-ethyl adjacent to an activating group) is 1. The Balaban J connectivity index is 1.83. The molecule has 3 aromatic rings. The zero-order valence-electron chi connectivity index (χ0n) is 15.6. The van der Waals surface area contributed by atoms with E-state index in [2.05, 4.69) is 63.9 Å². The van der Waals surface area contributed by atoms with Gasteiger partial charge in [0.25, 0.3) is 5.89 Å². The molecular formula is C21H24N4O. The van der Waals surface area contributed by atoms with Gasteiger partial charge in [-0.25, -0.2) is 0 Å². The lowest BCUT2D eigenvalue weighted by Crippen LogP contribution is -2.39. The Kier molecular flexibility index (Phi) is 3.54. The second-order valence-corrected chi connectivity index (χ2v) is 7.54. The maximum absolute atomic E-state index is 5.60. The lowest BCUT2D eigenvalue weighted by molar-refractivity contribution is 0.170. The van der Waals surface area contributed by atoms with Gasteiger partial charge >= 0.3 is 0 Å². The maximum Gasteiger partial charge on any atom is 0.274 e. The van der Waals surface area contributed by atoms with E-state index in [4.69, 9.17) is 4.52 Å². The second kappa shape index (κ2) is 5.81. The predicted octanol–water partition coefficient (Wildman–Crippen LogP) is 4.18. The molecule has 2 atom stereocenters. The fourth-order valence-corrected chi connectivity index (χ4v) is 4.84. The number of fused-ring (bicyclic) bond motifs is 3. The Hall–Kier alpha value is -2.40. The molecule has 26 heavy (non-hydrogen) atoms. The van der Waals surface area contributed by atoms with Crippen LogP contribution in [0.2, 0.25) is 0 Å². The van der Waals surface area contributed by atoms with Crippen LogP contribution in [0.4, 0.5) is 0 Å². The predicted molar refractivity (Wildman–Crippen MR) is 102 cm³/mol. The highest BCUT2D eigenvalue weighted by atomic mass is 16.5. The van der Waals surface area contributed by atoms with Crippen LogP contribution in [0.5, 0.6) is 0 Å². The van der Waals surface area contributed by atoms with Gasteiger partial charge in [0.2, 0.25) is 0 Å². The topological polar surface area (TPSA) is 47.1 Å². The molecule has 0 bridgehead atoms. The Labute approximate surface area is 153 Å². The fraction of sp³-hybridized carbons (Fsp3) is 0.429. The minimum absolute atomic E-state index is 0.416. The molecule has 2 aliphatic heterocycles. The van der Waals surface area contributed by atoms with E-state index in [-0.39, 0.29) is 0 Å². The first-order chi connectivity index (χ1) is 12.7. The molecule has 2 aliphatic rings. The van der Waals surface area contributed by atoms with Crippen LogP contribution < -0.4 is 0 Å². The van der Waals surface area contributed by atoms with E-state index in [0.29, 0.717) is 23.7 Å². The molecule has 0 N–H and O–H groups in total. The number of hydrogen-bond donors (Lipinski definition) is 0. The molecule has 5 nitrogen and oxygen atoms in total. The summed E-state index contributed by atoms with van der Waals surface area (Å²) in [5.74, 6) is 1.76. The van der Waals surface area contributed by atoms with E-state index >= 15 is 0 Å². The zero-order valence-corrected chi connectivity index (χ0v) is 15.6. The summed E-state index contributed by atoms with van der Waals surface area (Å²) in [5, 5.41) is 5.40. The van der Waals surface area contributed by atoms with Crippen molar-refractivity contribution in [3.05, 3.63) is 53.3 Å². The van der Waals surface area contributed by atoms with Crippen molar-refractivity contribution in [2.75, 3.05) is 13.6 Å². The standard InChI is InChI=1S/C21H24N4O/c1-4-7-14-12-18(21-22-13(2)23-26-21)25-17-9-6-5-8-15(17)16-10-11-24(3)19(14)20(16)25/h5-6,8-9,12,14,19H,4,7,10-11H2,1-3H3. The van der Waals surface area contributed by atoms with Crippen molar-refractivity contribution < 1.29 is 4.52 Å². The van der Waals surface area contributed by atoms with Gasteiger partial charge in [-0.05, 0) is 44.5 Å². The van der Waals surface area contributed by atoms with Crippen molar-refractivity contribution in [1.82, 2.24) is 19.6 Å². The first-order valence-corrected chi connectivity index (χ1v) is 9.54. The average molecular weight is 348 g/mol. The number of hydrogen-bond acceptors (Lipinski definition) is 4. The summed E-state index contributed by atoms with van der Waals surface area (Å²) in [6, 6.07) is 9.14. The summed E-state index contributed by atoms with van der Waals surface area (Å²) in [6.45, 7) is 5.24. The number of nitrogens with zero attached hydrogens (tertiary/aromatic N) is 4. The summed E-state index contributed by atoms with van der Waals surface area (Å²) in [7, 11) is 2.26. The summed E-state index contributed by atoms with van der Waals surface area (Å²) in [6.07, 6.45) is 5.78. The van der Waals surface area contributed by atoms with Gasteiger partial charge in [0, 0.05) is 23.5 Å².